The zero-order chi connectivity index (χ0) is 19.8. The van der Waals surface area contributed by atoms with Gasteiger partial charge in [0.25, 0.3) is 0 Å². The maximum Gasteiger partial charge on any atom is 0.162 e. The topological polar surface area (TPSA) is 62.9 Å². The Labute approximate surface area is 165 Å². The van der Waals surface area contributed by atoms with Gasteiger partial charge in [-0.15, -0.1) is 0 Å². The van der Waals surface area contributed by atoms with Crippen molar-refractivity contribution in [2.45, 2.75) is 6.61 Å². The Morgan fingerprint density at radius 2 is 1.32 bits per heavy atom. The molecule has 0 saturated heterocycles. The van der Waals surface area contributed by atoms with Gasteiger partial charge in [-0.1, -0.05) is 42.5 Å². The Hall–Kier alpha value is -3.18. The van der Waals surface area contributed by atoms with E-state index in [4.69, 9.17) is 24.7 Å². The highest BCUT2D eigenvalue weighted by Crippen LogP contribution is 2.37. The van der Waals surface area contributed by atoms with Gasteiger partial charge in [-0.25, -0.2) is 0 Å². The Balaban J connectivity index is 1.90. The zero-order valence-electron chi connectivity index (χ0n) is 16.2. The SMILES string of the molecule is COc1ccc(-c2ccc(OCCN)c(OCc3ccccc3)c2)cc1OC. The van der Waals surface area contributed by atoms with Crippen LogP contribution in [0.2, 0.25) is 0 Å². The van der Waals surface area contributed by atoms with E-state index in [9.17, 15) is 0 Å². The highest BCUT2D eigenvalue weighted by molar-refractivity contribution is 5.70. The first-order chi connectivity index (χ1) is 13.7. The molecular weight excluding hydrogens is 354 g/mol. The fourth-order valence-electron chi connectivity index (χ4n) is 2.84. The van der Waals surface area contributed by atoms with Crippen LogP contribution in [-0.2, 0) is 6.61 Å². The van der Waals surface area contributed by atoms with Gasteiger partial charge in [-0.3, -0.25) is 0 Å². The number of hydrogen-bond donors (Lipinski definition) is 1. The third-order valence-corrected chi connectivity index (χ3v) is 4.27. The molecule has 0 aliphatic rings. The second-order valence-electron chi connectivity index (χ2n) is 6.14. The van der Waals surface area contributed by atoms with E-state index in [1.54, 1.807) is 14.2 Å². The van der Waals surface area contributed by atoms with E-state index in [1.165, 1.54) is 0 Å². The minimum atomic E-state index is 0.428. The van der Waals surface area contributed by atoms with Crippen molar-refractivity contribution in [2.24, 2.45) is 5.73 Å². The second kappa shape index (κ2) is 9.67. The van der Waals surface area contributed by atoms with Gasteiger partial charge >= 0.3 is 0 Å². The summed E-state index contributed by atoms with van der Waals surface area (Å²) >= 11 is 0. The fourth-order valence-corrected chi connectivity index (χ4v) is 2.84. The maximum atomic E-state index is 6.06. The van der Waals surface area contributed by atoms with Crippen molar-refractivity contribution in [3.63, 3.8) is 0 Å². The molecule has 0 spiro atoms. The van der Waals surface area contributed by atoms with Gasteiger partial charge in [-0.05, 0) is 41.0 Å². The molecule has 5 nitrogen and oxygen atoms in total. The van der Waals surface area contributed by atoms with Crippen molar-refractivity contribution in [2.75, 3.05) is 27.4 Å². The molecule has 3 rings (SSSR count). The largest absolute Gasteiger partial charge is 0.493 e. The molecule has 2 N–H and O–H groups in total. The summed E-state index contributed by atoms with van der Waals surface area (Å²) in [7, 11) is 3.25. The summed E-state index contributed by atoms with van der Waals surface area (Å²) in [5, 5.41) is 0. The first-order valence-corrected chi connectivity index (χ1v) is 9.11. The van der Waals surface area contributed by atoms with Crippen LogP contribution >= 0.6 is 0 Å². The molecule has 0 heterocycles. The molecule has 0 bridgehead atoms. The van der Waals surface area contributed by atoms with Crippen molar-refractivity contribution < 1.29 is 18.9 Å². The van der Waals surface area contributed by atoms with Crippen molar-refractivity contribution in [3.8, 4) is 34.1 Å². The Kier molecular flexibility index (Phi) is 6.76. The van der Waals surface area contributed by atoms with Gasteiger partial charge in [0.05, 0.1) is 14.2 Å². The molecule has 3 aromatic carbocycles. The molecule has 28 heavy (non-hydrogen) atoms. The minimum Gasteiger partial charge on any atom is -0.493 e. The molecule has 5 heteroatoms. The van der Waals surface area contributed by atoms with Crippen LogP contribution in [0.5, 0.6) is 23.0 Å². The van der Waals surface area contributed by atoms with Crippen LogP contribution in [0.4, 0.5) is 0 Å². The quantitative estimate of drug-likeness (QED) is 0.601. The predicted octanol–water partition coefficient (Wildman–Crippen LogP) is 4.29. The van der Waals surface area contributed by atoms with Gasteiger partial charge in [-0.2, -0.15) is 0 Å². The highest BCUT2D eigenvalue weighted by atomic mass is 16.5. The summed E-state index contributed by atoms with van der Waals surface area (Å²) < 4.78 is 22.6. The average molecular weight is 379 g/mol. The molecule has 0 unspecified atom stereocenters. The number of nitrogens with two attached hydrogens (primary N) is 1. The van der Waals surface area contributed by atoms with Crippen LogP contribution in [0.1, 0.15) is 5.56 Å². The van der Waals surface area contributed by atoms with Crippen LogP contribution < -0.4 is 24.7 Å². The zero-order valence-corrected chi connectivity index (χ0v) is 16.2. The van der Waals surface area contributed by atoms with Crippen LogP contribution in [0, 0.1) is 0 Å². The smallest absolute Gasteiger partial charge is 0.162 e. The predicted molar refractivity (Wildman–Crippen MR) is 110 cm³/mol. The molecule has 3 aromatic rings. The van der Waals surface area contributed by atoms with E-state index in [-0.39, 0.29) is 0 Å². The van der Waals surface area contributed by atoms with E-state index in [1.807, 2.05) is 66.7 Å². The molecule has 0 aliphatic heterocycles. The normalized spacial score (nSPS) is 10.4. The van der Waals surface area contributed by atoms with Gasteiger partial charge < -0.3 is 24.7 Å². The Morgan fingerprint density at radius 1 is 0.679 bits per heavy atom. The second-order valence-corrected chi connectivity index (χ2v) is 6.14. The van der Waals surface area contributed by atoms with Crippen molar-refractivity contribution in [1.82, 2.24) is 0 Å². The first kappa shape index (κ1) is 19.6. The molecule has 0 atom stereocenters. The summed E-state index contributed by atoms with van der Waals surface area (Å²) in [6.07, 6.45) is 0. The number of methoxy groups -OCH3 is 2. The number of ether oxygens (including phenoxy) is 4. The van der Waals surface area contributed by atoms with E-state index in [0.717, 1.165) is 16.7 Å². The van der Waals surface area contributed by atoms with E-state index >= 15 is 0 Å². The summed E-state index contributed by atoms with van der Waals surface area (Å²) in [6, 6.07) is 21.7. The number of rotatable bonds is 9. The molecule has 0 saturated carbocycles. The summed E-state index contributed by atoms with van der Waals surface area (Å²) in [5.74, 6) is 2.71. The van der Waals surface area contributed by atoms with Gasteiger partial charge in [0.15, 0.2) is 23.0 Å². The summed E-state index contributed by atoms with van der Waals surface area (Å²) in [4.78, 5) is 0. The lowest BCUT2D eigenvalue weighted by atomic mass is 10.0. The maximum absolute atomic E-state index is 6.06. The number of benzene rings is 3. The lowest BCUT2D eigenvalue weighted by Crippen LogP contribution is -2.11. The van der Waals surface area contributed by atoms with Crippen LogP contribution in [0.3, 0.4) is 0 Å². The van der Waals surface area contributed by atoms with E-state index in [0.29, 0.717) is 42.8 Å². The monoisotopic (exact) mass is 379 g/mol. The third-order valence-electron chi connectivity index (χ3n) is 4.27. The van der Waals surface area contributed by atoms with Gasteiger partial charge in [0.2, 0.25) is 0 Å². The van der Waals surface area contributed by atoms with Crippen molar-refractivity contribution >= 4 is 0 Å². The Bertz CT molecular complexity index is 896. The van der Waals surface area contributed by atoms with E-state index in [2.05, 4.69) is 0 Å². The van der Waals surface area contributed by atoms with Crippen molar-refractivity contribution in [1.29, 1.82) is 0 Å². The molecule has 146 valence electrons. The first-order valence-electron chi connectivity index (χ1n) is 9.11. The average Bonchev–Trinajstić information content (AvgIpc) is 2.76. The van der Waals surface area contributed by atoms with E-state index < -0.39 is 0 Å². The van der Waals surface area contributed by atoms with Crippen molar-refractivity contribution in [3.05, 3.63) is 72.3 Å². The standard InChI is InChI=1S/C23H25NO4/c1-25-20-10-8-18(14-22(20)26-2)19-9-11-21(27-13-12-24)23(15-19)28-16-17-6-4-3-5-7-17/h3-11,14-15H,12-13,16,24H2,1-2H3. The van der Waals surface area contributed by atoms with Gasteiger partial charge in [0, 0.05) is 6.54 Å². The fraction of sp³-hybridized carbons (Fsp3) is 0.217. The summed E-state index contributed by atoms with van der Waals surface area (Å²) in [5.41, 5.74) is 8.65. The molecular formula is C23H25NO4. The summed E-state index contributed by atoms with van der Waals surface area (Å²) in [6.45, 7) is 1.32. The van der Waals surface area contributed by atoms with Gasteiger partial charge in [0.1, 0.15) is 13.2 Å². The minimum absolute atomic E-state index is 0.428. The lowest BCUT2D eigenvalue weighted by Gasteiger charge is -2.15. The molecule has 0 amide bonds. The molecule has 0 radical (unpaired) electrons. The molecule has 0 aliphatic carbocycles. The Morgan fingerprint density at radius 3 is 1.96 bits per heavy atom. The highest BCUT2D eigenvalue weighted by Gasteiger charge is 2.11. The lowest BCUT2D eigenvalue weighted by molar-refractivity contribution is 0.266. The third kappa shape index (κ3) is 4.75. The van der Waals surface area contributed by atoms with Crippen LogP contribution in [0.15, 0.2) is 66.7 Å². The van der Waals surface area contributed by atoms with Crippen LogP contribution in [0.25, 0.3) is 11.1 Å². The molecule has 0 aromatic heterocycles. The van der Waals surface area contributed by atoms with Crippen LogP contribution in [-0.4, -0.2) is 27.4 Å². The number of hydrogen-bond acceptors (Lipinski definition) is 5. The molecule has 0 fully saturated rings.